The maximum atomic E-state index is 12.7. The summed E-state index contributed by atoms with van der Waals surface area (Å²) in [6.45, 7) is -0.0405. The van der Waals surface area contributed by atoms with Crippen LogP contribution in [0.1, 0.15) is 28.8 Å². The van der Waals surface area contributed by atoms with Gasteiger partial charge in [0.1, 0.15) is 6.54 Å². The summed E-state index contributed by atoms with van der Waals surface area (Å²) in [5.41, 5.74) is 2.07. The molecular weight excluding hydrogens is 344 g/mol. The molecule has 140 valence electrons. The Hall–Kier alpha value is -3.15. The number of amides is 2. The lowest BCUT2D eigenvalue weighted by atomic mass is 10.1. The summed E-state index contributed by atoms with van der Waals surface area (Å²) in [6, 6.07) is 16.2. The van der Waals surface area contributed by atoms with Crippen LogP contribution in [-0.4, -0.2) is 40.9 Å². The predicted octanol–water partition coefficient (Wildman–Crippen LogP) is 2.80. The monoisotopic (exact) mass is 366 g/mol. The molecule has 2 aromatic carbocycles. The highest BCUT2D eigenvalue weighted by atomic mass is 16.4. The number of nitrogens with one attached hydrogen (secondary N) is 1. The van der Waals surface area contributed by atoms with Crippen molar-refractivity contribution >= 4 is 23.5 Å². The molecule has 0 spiro atoms. The number of benzene rings is 2. The van der Waals surface area contributed by atoms with E-state index in [1.165, 1.54) is 4.90 Å². The Kier molecular flexibility index (Phi) is 5.86. The van der Waals surface area contributed by atoms with Gasteiger partial charge in [-0.15, -0.1) is 0 Å². The minimum absolute atomic E-state index is 0.00411. The molecule has 3 rings (SSSR count). The Bertz CT molecular complexity index is 814. The van der Waals surface area contributed by atoms with Crippen molar-refractivity contribution in [2.75, 3.05) is 18.4 Å². The van der Waals surface area contributed by atoms with Crippen LogP contribution in [0.5, 0.6) is 0 Å². The van der Waals surface area contributed by atoms with Crippen molar-refractivity contribution in [1.82, 2.24) is 4.90 Å². The van der Waals surface area contributed by atoms with Crippen molar-refractivity contribution in [3.8, 4) is 0 Å². The average Bonchev–Trinajstić information content (AvgIpc) is 3.51. The van der Waals surface area contributed by atoms with Crippen molar-refractivity contribution in [2.45, 2.75) is 19.3 Å². The summed E-state index contributed by atoms with van der Waals surface area (Å²) >= 11 is 0. The third kappa shape index (κ3) is 5.41. The molecule has 6 heteroatoms. The van der Waals surface area contributed by atoms with E-state index in [4.69, 9.17) is 5.11 Å². The molecule has 0 unspecified atom stereocenters. The smallest absolute Gasteiger partial charge is 0.323 e. The molecule has 1 aliphatic carbocycles. The minimum atomic E-state index is -1.05. The zero-order chi connectivity index (χ0) is 19.2. The van der Waals surface area contributed by atoms with Gasteiger partial charge in [0.05, 0.1) is 0 Å². The first-order valence-corrected chi connectivity index (χ1v) is 8.99. The zero-order valence-electron chi connectivity index (χ0n) is 14.9. The first-order valence-electron chi connectivity index (χ1n) is 8.99. The second kappa shape index (κ2) is 8.49. The van der Waals surface area contributed by atoms with Crippen molar-refractivity contribution in [1.29, 1.82) is 0 Å². The van der Waals surface area contributed by atoms with E-state index in [1.54, 1.807) is 24.3 Å². The number of hydrogen-bond donors (Lipinski definition) is 2. The number of rotatable bonds is 8. The average molecular weight is 366 g/mol. The highest BCUT2D eigenvalue weighted by Crippen LogP contribution is 2.30. The molecule has 6 nitrogen and oxygen atoms in total. The standard InChI is InChI=1S/C21H22N2O4/c24-19(25)14-23(13-12-15-4-2-1-3-5-15)21(27)17-8-10-18(11-9-17)22-20(26)16-6-7-16/h1-5,8-11,16H,6-7,12-14H2,(H,22,26)(H,24,25). The van der Waals surface area contributed by atoms with Crippen molar-refractivity contribution < 1.29 is 19.5 Å². The van der Waals surface area contributed by atoms with E-state index in [-0.39, 0.29) is 24.3 Å². The molecule has 0 bridgehead atoms. The number of carboxylic acids is 1. The van der Waals surface area contributed by atoms with Crippen LogP contribution in [0.3, 0.4) is 0 Å². The summed E-state index contributed by atoms with van der Waals surface area (Å²) < 4.78 is 0. The molecule has 1 aliphatic rings. The SMILES string of the molecule is O=C(O)CN(CCc1ccccc1)C(=O)c1ccc(NC(=O)C2CC2)cc1. The van der Waals surface area contributed by atoms with Gasteiger partial charge in [0.2, 0.25) is 5.91 Å². The van der Waals surface area contributed by atoms with E-state index in [1.807, 2.05) is 30.3 Å². The summed E-state index contributed by atoms with van der Waals surface area (Å²) in [5.74, 6) is -1.28. The van der Waals surface area contributed by atoms with Crippen LogP contribution in [0.4, 0.5) is 5.69 Å². The number of carboxylic acid groups (broad SMARTS) is 1. The predicted molar refractivity (Wildman–Crippen MR) is 101 cm³/mol. The van der Waals surface area contributed by atoms with Gasteiger partial charge in [0.25, 0.3) is 5.91 Å². The number of hydrogen-bond acceptors (Lipinski definition) is 3. The molecule has 0 radical (unpaired) electrons. The fourth-order valence-electron chi connectivity index (χ4n) is 2.79. The largest absolute Gasteiger partial charge is 0.480 e. The zero-order valence-corrected chi connectivity index (χ0v) is 14.9. The minimum Gasteiger partial charge on any atom is -0.480 e. The van der Waals surface area contributed by atoms with Crippen molar-refractivity contribution in [3.05, 3.63) is 65.7 Å². The summed E-state index contributed by atoms with van der Waals surface area (Å²) in [6.07, 6.45) is 2.43. The van der Waals surface area contributed by atoms with Gasteiger partial charge in [0.15, 0.2) is 0 Å². The highest BCUT2D eigenvalue weighted by molar-refractivity contribution is 5.97. The van der Waals surface area contributed by atoms with Crippen molar-refractivity contribution in [2.24, 2.45) is 5.92 Å². The quantitative estimate of drug-likeness (QED) is 0.752. The Morgan fingerprint density at radius 3 is 2.26 bits per heavy atom. The Morgan fingerprint density at radius 1 is 1.00 bits per heavy atom. The van der Waals surface area contributed by atoms with Gasteiger partial charge in [-0.3, -0.25) is 14.4 Å². The van der Waals surface area contributed by atoms with Gasteiger partial charge < -0.3 is 15.3 Å². The topological polar surface area (TPSA) is 86.7 Å². The van der Waals surface area contributed by atoms with E-state index >= 15 is 0 Å². The third-order valence-corrected chi connectivity index (χ3v) is 4.47. The van der Waals surface area contributed by atoms with E-state index < -0.39 is 5.97 Å². The second-order valence-corrected chi connectivity index (χ2v) is 6.70. The lowest BCUT2D eigenvalue weighted by Gasteiger charge is -2.21. The Morgan fingerprint density at radius 2 is 1.67 bits per heavy atom. The van der Waals surface area contributed by atoms with Crippen LogP contribution >= 0.6 is 0 Å². The molecule has 0 saturated heterocycles. The molecule has 27 heavy (non-hydrogen) atoms. The van der Waals surface area contributed by atoms with Gasteiger partial charge in [-0.2, -0.15) is 0 Å². The molecule has 0 aliphatic heterocycles. The molecule has 2 aromatic rings. The van der Waals surface area contributed by atoms with E-state index in [0.29, 0.717) is 24.2 Å². The highest BCUT2D eigenvalue weighted by Gasteiger charge is 2.29. The fraction of sp³-hybridized carbons (Fsp3) is 0.286. The van der Waals surface area contributed by atoms with Crippen LogP contribution in [0, 0.1) is 5.92 Å². The van der Waals surface area contributed by atoms with Crippen molar-refractivity contribution in [3.63, 3.8) is 0 Å². The summed E-state index contributed by atoms with van der Waals surface area (Å²) in [5, 5.41) is 12.0. The van der Waals surface area contributed by atoms with Gasteiger partial charge in [-0.05, 0) is 49.1 Å². The Balaban J connectivity index is 1.65. The van der Waals surface area contributed by atoms with Gasteiger partial charge in [0, 0.05) is 23.7 Å². The van der Waals surface area contributed by atoms with Gasteiger partial charge >= 0.3 is 5.97 Å². The van der Waals surface area contributed by atoms with Crippen LogP contribution in [0.2, 0.25) is 0 Å². The lowest BCUT2D eigenvalue weighted by molar-refractivity contribution is -0.137. The third-order valence-electron chi connectivity index (χ3n) is 4.47. The number of carbonyl (C=O) groups is 3. The normalized spacial score (nSPS) is 13.0. The van der Waals surface area contributed by atoms with Gasteiger partial charge in [-0.25, -0.2) is 0 Å². The lowest BCUT2D eigenvalue weighted by Crippen LogP contribution is -2.37. The maximum Gasteiger partial charge on any atom is 0.323 e. The molecule has 0 atom stereocenters. The molecule has 0 heterocycles. The van der Waals surface area contributed by atoms with E-state index in [0.717, 1.165) is 18.4 Å². The fourth-order valence-corrected chi connectivity index (χ4v) is 2.79. The number of aliphatic carboxylic acids is 1. The van der Waals surface area contributed by atoms with Crippen LogP contribution in [0.15, 0.2) is 54.6 Å². The van der Waals surface area contributed by atoms with Crippen LogP contribution in [0.25, 0.3) is 0 Å². The van der Waals surface area contributed by atoms with E-state index in [2.05, 4.69) is 5.32 Å². The molecule has 0 aromatic heterocycles. The number of nitrogens with zero attached hydrogens (tertiary/aromatic N) is 1. The first kappa shape index (κ1) is 18.6. The molecule has 1 saturated carbocycles. The van der Waals surface area contributed by atoms with Gasteiger partial charge in [-0.1, -0.05) is 30.3 Å². The van der Waals surface area contributed by atoms with Crippen LogP contribution in [-0.2, 0) is 16.0 Å². The van der Waals surface area contributed by atoms with Crippen LogP contribution < -0.4 is 5.32 Å². The molecule has 1 fully saturated rings. The summed E-state index contributed by atoms with van der Waals surface area (Å²) in [7, 11) is 0. The Labute approximate surface area is 157 Å². The molecule has 2 amide bonds. The summed E-state index contributed by atoms with van der Waals surface area (Å²) in [4.78, 5) is 37.0. The molecular formula is C21H22N2O4. The second-order valence-electron chi connectivity index (χ2n) is 6.70. The molecule has 2 N–H and O–H groups in total. The first-order chi connectivity index (χ1) is 13.0. The number of anilines is 1. The number of carbonyl (C=O) groups excluding carboxylic acids is 2. The van der Waals surface area contributed by atoms with E-state index in [9.17, 15) is 14.4 Å². The maximum absolute atomic E-state index is 12.7.